The molecule has 3 aromatic carbocycles. The van der Waals surface area contributed by atoms with E-state index in [1.165, 1.54) is 25.1 Å². The van der Waals surface area contributed by atoms with Crippen molar-refractivity contribution in [1.82, 2.24) is 4.90 Å². The van der Waals surface area contributed by atoms with E-state index >= 15 is 0 Å². The van der Waals surface area contributed by atoms with Crippen LogP contribution in [0, 0.1) is 5.82 Å². The van der Waals surface area contributed by atoms with E-state index in [1.54, 1.807) is 17.0 Å². The highest BCUT2D eigenvalue weighted by Gasteiger charge is 2.23. The molecule has 0 saturated carbocycles. The molecule has 5 heteroatoms. The Labute approximate surface area is 170 Å². The van der Waals surface area contributed by atoms with Gasteiger partial charge in [0, 0.05) is 24.7 Å². The van der Waals surface area contributed by atoms with Gasteiger partial charge < -0.3 is 10.2 Å². The first-order valence-corrected chi connectivity index (χ1v) is 9.42. The summed E-state index contributed by atoms with van der Waals surface area (Å²) >= 11 is 0. The molecule has 0 aliphatic heterocycles. The highest BCUT2D eigenvalue weighted by molar-refractivity contribution is 5.94. The lowest BCUT2D eigenvalue weighted by atomic mass is 10.0. The summed E-state index contributed by atoms with van der Waals surface area (Å²) in [5.74, 6) is -0.867. The van der Waals surface area contributed by atoms with Gasteiger partial charge in [-0.05, 0) is 48.4 Å². The number of carbonyl (C=O) groups excluding carboxylic acids is 2. The second-order valence-corrected chi connectivity index (χ2v) is 6.91. The molecule has 0 saturated heterocycles. The SMILES string of the molecule is CC(=O)Nc1cccc(C(C)N(Cc2ccccc2)C(=O)c2cccc(F)c2)c1. The first-order valence-electron chi connectivity index (χ1n) is 9.42. The van der Waals surface area contributed by atoms with Gasteiger partial charge in [0.15, 0.2) is 0 Å². The Balaban J connectivity index is 1.95. The molecule has 3 rings (SSSR count). The van der Waals surface area contributed by atoms with Gasteiger partial charge in [-0.2, -0.15) is 0 Å². The first-order chi connectivity index (χ1) is 13.9. The van der Waals surface area contributed by atoms with E-state index in [1.807, 2.05) is 55.5 Å². The van der Waals surface area contributed by atoms with Crippen molar-refractivity contribution in [2.24, 2.45) is 0 Å². The number of carbonyl (C=O) groups is 2. The smallest absolute Gasteiger partial charge is 0.254 e. The molecule has 148 valence electrons. The number of amides is 2. The summed E-state index contributed by atoms with van der Waals surface area (Å²) < 4.78 is 13.7. The van der Waals surface area contributed by atoms with Gasteiger partial charge in [0.25, 0.3) is 5.91 Å². The zero-order valence-electron chi connectivity index (χ0n) is 16.4. The van der Waals surface area contributed by atoms with Gasteiger partial charge in [-0.25, -0.2) is 4.39 Å². The summed E-state index contributed by atoms with van der Waals surface area (Å²) in [5.41, 5.74) is 2.81. The van der Waals surface area contributed by atoms with Crippen molar-refractivity contribution >= 4 is 17.5 Å². The molecule has 0 radical (unpaired) electrons. The molecule has 3 aromatic rings. The minimum atomic E-state index is -0.448. The van der Waals surface area contributed by atoms with Crippen LogP contribution in [0.2, 0.25) is 0 Å². The summed E-state index contributed by atoms with van der Waals surface area (Å²) in [6.07, 6.45) is 0. The molecule has 1 N–H and O–H groups in total. The third-order valence-corrected chi connectivity index (χ3v) is 4.69. The van der Waals surface area contributed by atoms with Crippen LogP contribution in [0.5, 0.6) is 0 Å². The summed E-state index contributed by atoms with van der Waals surface area (Å²) in [7, 11) is 0. The van der Waals surface area contributed by atoms with E-state index in [0.717, 1.165) is 11.1 Å². The molecule has 0 heterocycles. The maximum Gasteiger partial charge on any atom is 0.254 e. The van der Waals surface area contributed by atoms with E-state index in [9.17, 15) is 14.0 Å². The highest BCUT2D eigenvalue weighted by Crippen LogP contribution is 2.27. The summed E-state index contributed by atoms with van der Waals surface area (Å²) in [4.78, 5) is 26.4. The Kier molecular flexibility index (Phi) is 6.39. The average Bonchev–Trinajstić information content (AvgIpc) is 2.71. The molecule has 0 spiro atoms. The zero-order valence-corrected chi connectivity index (χ0v) is 16.4. The van der Waals surface area contributed by atoms with Gasteiger partial charge in [0.05, 0.1) is 6.04 Å². The monoisotopic (exact) mass is 390 g/mol. The highest BCUT2D eigenvalue weighted by atomic mass is 19.1. The van der Waals surface area contributed by atoms with E-state index in [2.05, 4.69) is 5.32 Å². The lowest BCUT2D eigenvalue weighted by molar-refractivity contribution is -0.114. The Morgan fingerprint density at radius 3 is 2.38 bits per heavy atom. The van der Waals surface area contributed by atoms with Crippen molar-refractivity contribution in [2.45, 2.75) is 26.4 Å². The fourth-order valence-electron chi connectivity index (χ4n) is 3.21. The lowest BCUT2D eigenvalue weighted by Gasteiger charge is -2.30. The molecule has 0 bridgehead atoms. The summed E-state index contributed by atoms with van der Waals surface area (Å²) in [5, 5.41) is 2.77. The van der Waals surface area contributed by atoms with Crippen molar-refractivity contribution < 1.29 is 14.0 Å². The van der Waals surface area contributed by atoms with Gasteiger partial charge >= 0.3 is 0 Å². The molecule has 0 aliphatic rings. The van der Waals surface area contributed by atoms with E-state index in [-0.39, 0.29) is 17.9 Å². The second-order valence-electron chi connectivity index (χ2n) is 6.91. The lowest BCUT2D eigenvalue weighted by Crippen LogP contribution is -2.33. The van der Waals surface area contributed by atoms with Crippen molar-refractivity contribution in [3.63, 3.8) is 0 Å². The fraction of sp³-hybridized carbons (Fsp3) is 0.167. The predicted molar refractivity (Wildman–Crippen MR) is 112 cm³/mol. The van der Waals surface area contributed by atoms with Gasteiger partial charge in [0.2, 0.25) is 5.91 Å². The van der Waals surface area contributed by atoms with Crippen LogP contribution in [-0.4, -0.2) is 16.7 Å². The zero-order chi connectivity index (χ0) is 20.8. The first kappa shape index (κ1) is 20.3. The predicted octanol–water partition coefficient (Wildman–Crippen LogP) is 5.19. The van der Waals surface area contributed by atoms with Crippen LogP contribution in [0.1, 0.15) is 41.4 Å². The number of anilines is 1. The van der Waals surface area contributed by atoms with E-state index in [4.69, 9.17) is 0 Å². The maximum atomic E-state index is 13.7. The molecule has 1 unspecified atom stereocenters. The third kappa shape index (κ3) is 5.29. The fourth-order valence-corrected chi connectivity index (χ4v) is 3.21. The van der Waals surface area contributed by atoms with Crippen LogP contribution in [0.25, 0.3) is 0 Å². The molecule has 0 aliphatic carbocycles. The van der Waals surface area contributed by atoms with Gasteiger partial charge in [0.1, 0.15) is 5.82 Å². The molecule has 2 amide bonds. The van der Waals surface area contributed by atoms with Crippen molar-refractivity contribution in [3.05, 3.63) is 101 Å². The van der Waals surface area contributed by atoms with Crippen molar-refractivity contribution in [3.8, 4) is 0 Å². The largest absolute Gasteiger partial charge is 0.328 e. The molecule has 29 heavy (non-hydrogen) atoms. The number of nitrogens with zero attached hydrogens (tertiary/aromatic N) is 1. The number of hydrogen-bond acceptors (Lipinski definition) is 2. The molecule has 0 aromatic heterocycles. The summed E-state index contributed by atoms with van der Waals surface area (Å²) in [6, 6.07) is 22.5. The van der Waals surface area contributed by atoms with E-state index < -0.39 is 5.82 Å². The van der Waals surface area contributed by atoms with Crippen LogP contribution in [0.15, 0.2) is 78.9 Å². The van der Waals surface area contributed by atoms with Crippen LogP contribution in [0.3, 0.4) is 0 Å². The minimum Gasteiger partial charge on any atom is -0.328 e. The molecular weight excluding hydrogens is 367 g/mol. The Morgan fingerprint density at radius 1 is 0.966 bits per heavy atom. The number of benzene rings is 3. The summed E-state index contributed by atoms with van der Waals surface area (Å²) in [6.45, 7) is 3.75. The Morgan fingerprint density at radius 2 is 1.69 bits per heavy atom. The minimum absolute atomic E-state index is 0.160. The quantitative estimate of drug-likeness (QED) is 0.630. The van der Waals surface area contributed by atoms with Gasteiger partial charge in [-0.1, -0.05) is 48.5 Å². The number of rotatable bonds is 6. The van der Waals surface area contributed by atoms with Crippen LogP contribution < -0.4 is 5.32 Å². The van der Waals surface area contributed by atoms with Crippen molar-refractivity contribution in [1.29, 1.82) is 0 Å². The van der Waals surface area contributed by atoms with Crippen LogP contribution in [0.4, 0.5) is 10.1 Å². The van der Waals surface area contributed by atoms with Crippen LogP contribution in [-0.2, 0) is 11.3 Å². The second kappa shape index (κ2) is 9.15. The molecule has 0 fully saturated rings. The molecular formula is C24H23FN2O2. The number of halogens is 1. The number of hydrogen-bond donors (Lipinski definition) is 1. The van der Waals surface area contributed by atoms with Gasteiger partial charge in [-0.15, -0.1) is 0 Å². The Bertz CT molecular complexity index is 1000. The third-order valence-electron chi connectivity index (χ3n) is 4.69. The molecule has 1 atom stereocenters. The molecule has 4 nitrogen and oxygen atoms in total. The average molecular weight is 390 g/mol. The Hall–Kier alpha value is -3.47. The number of nitrogens with one attached hydrogen (secondary N) is 1. The van der Waals surface area contributed by atoms with Gasteiger partial charge in [-0.3, -0.25) is 9.59 Å². The van der Waals surface area contributed by atoms with Crippen LogP contribution >= 0.6 is 0 Å². The van der Waals surface area contributed by atoms with E-state index in [0.29, 0.717) is 17.8 Å². The normalized spacial score (nSPS) is 11.6. The standard InChI is InChI=1S/C24H23FN2O2/c1-17(20-10-7-13-23(15-20)26-18(2)28)27(16-19-8-4-3-5-9-19)24(29)21-11-6-12-22(25)14-21/h3-15,17H,16H2,1-2H3,(H,26,28). The van der Waals surface area contributed by atoms with Crippen molar-refractivity contribution in [2.75, 3.05) is 5.32 Å². The topological polar surface area (TPSA) is 49.4 Å². The maximum absolute atomic E-state index is 13.7.